The van der Waals surface area contributed by atoms with E-state index in [-0.39, 0.29) is 12.4 Å². The van der Waals surface area contributed by atoms with Crippen LogP contribution in [0.4, 0.5) is 0 Å². The molecule has 2 aliphatic rings. The van der Waals surface area contributed by atoms with Crippen LogP contribution in [0.25, 0.3) is 0 Å². The van der Waals surface area contributed by atoms with Crippen molar-refractivity contribution >= 4 is 18.3 Å². The van der Waals surface area contributed by atoms with Gasteiger partial charge in [-0.2, -0.15) is 0 Å². The summed E-state index contributed by atoms with van der Waals surface area (Å²) in [4.78, 5) is 14.0. The molecule has 0 spiro atoms. The molecule has 0 atom stereocenters. The van der Waals surface area contributed by atoms with Crippen LogP contribution in [0, 0.1) is 5.92 Å². The maximum atomic E-state index is 12.0. The largest absolute Gasteiger partial charge is 0.382 e. The van der Waals surface area contributed by atoms with E-state index in [2.05, 4.69) is 5.32 Å². The lowest BCUT2D eigenvalue weighted by Crippen LogP contribution is -2.45. The van der Waals surface area contributed by atoms with Gasteiger partial charge in [-0.1, -0.05) is 0 Å². The number of carbonyl (C=O) groups excluding carboxylic acids is 1. The molecule has 1 N–H and O–H groups in total. The maximum absolute atomic E-state index is 12.0. The first-order valence-corrected chi connectivity index (χ1v) is 7.88. The molecule has 1 amide bonds. The van der Waals surface area contributed by atoms with Crippen molar-refractivity contribution in [3.8, 4) is 0 Å². The van der Waals surface area contributed by atoms with Crippen molar-refractivity contribution in [1.82, 2.24) is 10.2 Å². The molecule has 1 saturated carbocycles. The van der Waals surface area contributed by atoms with E-state index in [1.54, 1.807) is 0 Å². The maximum Gasteiger partial charge on any atom is 0.222 e. The monoisotopic (exact) mass is 304 g/mol. The van der Waals surface area contributed by atoms with Gasteiger partial charge in [0.2, 0.25) is 5.91 Å². The summed E-state index contributed by atoms with van der Waals surface area (Å²) < 4.78 is 5.27. The normalized spacial score (nSPS) is 19.8. The van der Waals surface area contributed by atoms with Crippen molar-refractivity contribution in [2.75, 3.05) is 32.8 Å². The standard InChI is InChI=1S/C15H28N2O2.ClH/c1-2-19-11-3-4-15(18)17-9-7-14(8-10-17)16-12-13-5-6-13;/h13-14,16H,2-12H2,1H3;1H. The minimum absolute atomic E-state index is 0. The Hall–Kier alpha value is -0.320. The second kappa shape index (κ2) is 9.59. The van der Waals surface area contributed by atoms with Crippen LogP contribution < -0.4 is 5.32 Å². The number of rotatable bonds is 8. The quantitative estimate of drug-likeness (QED) is 0.699. The van der Waals surface area contributed by atoms with Crippen LogP contribution in [0.5, 0.6) is 0 Å². The first kappa shape index (κ1) is 17.7. The Kier molecular flexibility index (Phi) is 8.50. The van der Waals surface area contributed by atoms with Gasteiger partial charge in [0.1, 0.15) is 0 Å². The highest BCUT2D eigenvalue weighted by molar-refractivity contribution is 5.85. The van der Waals surface area contributed by atoms with Crippen molar-refractivity contribution in [3.63, 3.8) is 0 Å². The molecule has 0 aromatic carbocycles. The van der Waals surface area contributed by atoms with Gasteiger partial charge in [-0.25, -0.2) is 0 Å². The van der Waals surface area contributed by atoms with E-state index in [1.807, 2.05) is 11.8 Å². The van der Waals surface area contributed by atoms with Gasteiger partial charge in [0, 0.05) is 38.8 Å². The van der Waals surface area contributed by atoms with Gasteiger partial charge in [0.25, 0.3) is 0 Å². The van der Waals surface area contributed by atoms with Crippen molar-refractivity contribution in [2.24, 2.45) is 5.92 Å². The number of amides is 1. The molecule has 0 aromatic heterocycles. The van der Waals surface area contributed by atoms with Crippen LogP contribution in [0.3, 0.4) is 0 Å². The summed E-state index contributed by atoms with van der Waals surface area (Å²) in [5, 5.41) is 3.64. The second-order valence-corrected chi connectivity index (χ2v) is 5.81. The number of nitrogens with zero attached hydrogens (tertiary/aromatic N) is 1. The third kappa shape index (κ3) is 6.42. The van der Waals surface area contributed by atoms with E-state index >= 15 is 0 Å². The minimum atomic E-state index is 0. The zero-order chi connectivity index (χ0) is 13.5. The molecular formula is C15H29ClN2O2. The third-order valence-electron chi connectivity index (χ3n) is 4.12. The number of likely N-dealkylation sites (tertiary alicyclic amines) is 1. The van der Waals surface area contributed by atoms with Gasteiger partial charge in [0.15, 0.2) is 0 Å². The number of hydrogen-bond donors (Lipinski definition) is 1. The van der Waals surface area contributed by atoms with Crippen LogP contribution in [0.1, 0.15) is 45.4 Å². The lowest BCUT2D eigenvalue weighted by Gasteiger charge is -2.32. The molecule has 4 nitrogen and oxygen atoms in total. The molecule has 0 aromatic rings. The predicted molar refractivity (Wildman–Crippen MR) is 83.3 cm³/mol. The predicted octanol–water partition coefficient (Wildman–Crippen LogP) is 2.22. The Bertz CT molecular complexity index is 277. The van der Waals surface area contributed by atoms with Crippen LogP contribution in [0.2, 0.25) is 0 Å². The molecule has 5 heteroatoms. The second-order valence-electron chi connectivity index (χ2n) is 5.81. The summed E-state index contributed by atoms with van der Waals surface area (Å²) >= 11 is 0. The summed E-state index contributed by atoms with van der Waals surface area (Å²) in [5.41, 5.74) is 0. The molecule has 2 fully saturated rings. The average molecular weight is 305 g/mol. The molecule has 118 valence electrons. The van der Waals surface area contributed by atoms with Crippen molar-refractivity contribution in [1.29, 1.82) is 0 Å². The topological polar surface area (TPSA) is 41.6 Å². The molecule has 20 heavy (non-hydrogen) atoms. The van der Waals surface area contributed by atoms with Gasteiger partial charge in [-0.05, 0) is 51.5 Å². The fourth-order valence-electron chi connectivity index (χ4n) is 2.62. The Labute approximate surface area is 129 Å². The lowest BCUT2D eigenvalue weighted by molar-refractivity contribution is -0.132. The summed E-state index contributed by atoms with van der Waals surface area (Å²) in [7, 11) is 0. The van der Waals surface area contributed by atoms with Crippen LogP contribution in [-0.2, 0) is 9.53 Å². The molecular weight excluding hydrogens is 276 g/mol. The average Bonchev–Trinajstić information content (AvgIpc) is 3.26. The number of carbonyl (C=O) groups is 1. The van der Waals surface area contributed by atoms with Crippen LogP contribution >= 0.6 is 12.4 Å². The summed E-state index contributed by atoms with van der Waals surface area (Å²) in [5.74, 6) is 1.25. The van der Waals surface area contributed by atoms with E-state index in [9.17, 15) is 4.79 Å². The zero-order valence-corrected chi connectivity index (χ0v) is 13.4. The number of hydrogen-bond acceptors (Lipinski definition) is 3. The molecule has 2 rings (SSSR count). The molecule has 0 radical (unpaired) electrons. The van der Waals surface area contributed by atoms with Crippen molar-refractivity contribution in [2.45, 2.75) is 51.5 Å². The zero-order valence-electron chi connectivity index (χ0n) is 12.6. The van der Waals surface area contributed by atoms with Gasteiger partial charge < -0.3 is 15.0 Å². The highest BCUT2D eigenvalue weighted by atomic mass is 35.5. The van der Waals surface area contributed by atoms with E-state index in [4.69, 9.17) is 4.74 Å². The van der Waals surface area contributed by atoms with Crippen molar-refractivity contribution < 1.29 is 9.53 Å². The SMILES string of the molecule is CCOCCCC(=O)N1CCC(NCC2CC2)CC1.Cl. The van der Waals surface area contributed by atoms with Gasteiger partial charge in [0.05, 0.1) is 0 Å². The van der Waals surface area contributed by atoms with E-state index in [1.165, 1.54) is 19.4 Å². The fourth-order valence-corrected chi connectivity index (χ4v) is 2.62. The van der Waals surface area contributed by atoms with Gasteiger partial charge in [-0.15, -0.1) is 12.4 Å². The number of ether oxygens (including phenoxy) is 1. The Morgan fingerprint density at radius 1 is 1.25 bits per heavy atom. The third-order valence-corrected chi connectivity index (χ3v) is 4.12. The smallest absolute Gasteiger partial charge is 0.222 e. The Morgan fingerprint density at radius 3 is 2.55 bits per heavy atom. The number of piperidine rings is 1. The highest BCUT2D eigenvalue weighted by Gasteiger charge is 2.25. The van der Waals surface area contributed by atoms with Gasteiger partial charge >= 0.3 is 0 Å². The Morgan fingerprint density at radius 2 is 1.95 bits per heavy atom. The number of halogens is 1. The molecule has 1 heterocycles. The molecule has 1 aliphatic heterocycles. The van der Waals surface area contributed by atoms with E-state index < -0.39 is 0 Å². The first-order valence-electron chi connectivity index (χ1n) is 7.88. The van der Waals surface area contributed by atoms with Crippen LogP contribution in [-0.4, -0.2) is 49.7 Å². The van der Waals surface area contributed by atoms with E-state index in [0.29, 0.717) is 25.0 Å². The minimum Gasteiger partial charge on any atom is -0.382 e. The Balaban J connectivity index is 0.00000200. The molecule has 0 bridgehead atoms. The molecule has 1 saturated heterocycles. The summed E-state index contributed by atoms with van der Waals surface area (Å²) in [6, 6.07) is 0.632. The fraction of sp³-hybridized carbons (Fsp3) is 0.933. The molecule has 1 aliphatic carbocycles. The van der Waals surface area contributed by atoms with E-state index in [0.717, 1.165) is 44.9 Å². The van der Waals surface area contributed by atoms with Gasteiger partial charge in [-0.3, -0.25) is 4.79 Å². The number of nitrogens with one attached hydrogen (secondary N) is 1. The molecule has 0 unspecified atom stereocenters. The lowest BCUT2D eigenvalue weighted by atomic mass is 10.0. The van der Waals surface area contributed by atoms with Crippen molar-refractivity contribution in [3.05, 3.63) is 0 Å². The summed E-state index contributed by atoms with van der Waals surface area (Å²) in [6.45, 7) is 6.48. The highest BCUT2D eigenvalue weighted by Crippen LogP contribution is 2.28. The first-order chi connectivity index (χ1) is 9.29. The summed E-state index contributed by atoms with van der Waals surface area (Å²) in [6.07, 6.45) is 6.54. The van der Waals surface area contributed by atoms with Crippen LogP contribution in [0.15, 0.2) is 0 Å².